The van der Waals surface area contributed by atoms with E-state index in [-0.39, 0.29) is 30.8 Å². The Morgan fingerprint density at radius 1 is 1.32 bits per heavy atom. The van der Waals surface area contributed by atoms with Crippen LogP contribution >= 0.6 is 0 Å². The Bertz CT molecular complexity index is 520. The van der Waals surface area contributed by atoms with Gasteiger partial charge in [0.2, 0.25) is 0 Å². The number of carbonyl (C=O) groups excluding carboxylic acids is 2. The summed E-state index contributed by atoms with van der Waals surface area (Å²) in [5, 5.41) is 5.06. The van der Waals surface area contributed by atoms with E-state index in [1.54, 1.807) is 20.8 Å². The smallest absolute Gasteiger partial charge is 0.319 e. The molecule has 7 heteroatoms. The van der Waals surface area contributed by atoms with E-state index >= 15 is 0 Å². The number of esters is 1. The summed E-state index contributed by atoms with van der Waals surface area (Å²) in [7, 11) is 0. The molecule has 0 aliphatic carbocycles. The summed E-state index contributed by atoms with van der Waals surface area (Å²) in [5.74, 6) is -0.588. The van der Waals surface area contributed by atoms with Gasteiger partial charge in [-0.2, -0.15) is 0 Å². The van der Waals surface area contributed by atoms with Crippen LogP contribution in [0.2, 0.25) is 0 Å². The van der Waals surface area contributed by atoms with Crippen LogP contribution in [0, 0.1) is 5.82 Å². The summed E-state index contributed by atoms with van der Waals surface area (Å²) in [4.78, 5) is 23.0. The van der Waals surface area contributed by atoms with Gasteiger partial charge in [-0.15, -0.1) is 0 Å². The van der Waals surface area contributed by atoms with Crippen LogP contribution in [0.15, 0.2) is 18.2 Å². The van der Waals surface area contributed by atoms with Gasteiger partial charge in [-0.25, -0.2) is 9.18 Å². The SMILES string of the molecule is CCOc1cc(F)ccc1NC(=O)NCCC(=O)OC(C)C. The average molecular weight is 312 g/mol. The molecule has 122 valence electrons. The van der Waals surface area contributed by atoms with Gasteiger partial charge in [0.15, 0.2) is 0 Å². The zero-order valence-electron chi connectivity index (χ0n) is 12.9. The van der Waals surface area contributed by atoms with Crippen LogP contribution in [-0.2, 0) is 9.53 Å². The maximum absolute atomic E-state index is 13.1. The van der Waals surface area contributed by atoms with Crippen molar-refractivity contribution in [2.24, 2.45) is 0 Å². The third-order valence-electron chi connectivity index (χ3n) is 2.47. The van der Waals surface area contributed by atoms with Crippen LogP contribution < -0.4 is 15.4 Å². The first-order valence-electron chi connectivity index (χ1n) is 7.09. The summed E-state index contributed by atoms with van der Waals surface area (Å²) < 4.78 is 23.3. The first-order valence-corrected chi connectivity index (χ1v) is 7.09. The Morgan fingerprint density at radius 3 is 2.68 bits per heavy atom. The van der Waals surface area contributed by atoms with Crippen molar-refractivity contribution in [2.45, 2.75) is 33.3 Å². The minimum absolute atomic E-state index is 0.0767. The highest BCUT2D eigenvalue weighted by molar-refractivity contribution is 5.91. The minimum Gasteiger partial charge on any atom is -0.492 e. The molecule has 0 fully saturated rings. The molecule has 0 aliphatic rings. The molecule has 1 aromatic rings. The molecule has 0 bridgehead atoms. The molecule has 0 aliphatic heterocycles. The highest BCUT2D eigenvalue weighted by Gasteiger charge is 2.10. The fourth-order valence-electron chi connectivity index (χ4n) is 1.64. The summed E-state index contributed by atoms with van der Waals surface area (Å²) in [5.41, 5.74) is 0.352. The van der Waals surface area contributed by atoms with Crippen molar-refractivity contribution in [1.82, 2.24) is 5.32 Å². The number of ether oxygens (including phenoxy) is 2. The first-order chi connectivity index (χ1) is 10.4. The number of rotatable bonds is 7. The third-order valence-corrected chi connectivity index (χ3v) is 2.47. The van der Waals surface area contributed by atoms with Crippen molar-refractivity contribution in [1.29, 1.82) is 0 Å². The number of urea groups is 1. The van der Waals surface area contributed by atoms with Crippen LogP contribution in [0.4, 0.5) is 14.9 Å². The summed E-state index contributed by atoms with van der Waals surface area (Å²) >= 11 is 0. The molecule has 0 spiro atoms. The minimum atomic E-state index is -0.509. The lowest BCUT2D eigenvalue weighted by Crippen LogP contribution is -2.31. The van der Waals surface area contributed by atoms with Crippen molar-refractivity contribution < 1.29 is 23.5 Å². The highest BCUT2D eigenvalue weighted by Crippen LogP contribution is 2.25. The molecule has 22 heavy (non-hydrogen) atoms. The zero-order chi connectivity index (χ0) is 16.5. The van der Waals surface area contributed by atoms with Gasteiger partial charge < -0.3 is 20.1 Å². The number of benzene rings is 1. The third kappa shape index (κ3) is 6.43. The second-order valence-corrected chi connectivity index (χ2v) is 4.74. The lowest BCUT2D eigenvalue weighted by Gasteiger charge is -2.12. The molecule has 0 unspecified atom stereocenters. The van der Waals surface area contributed by atoms with Gasteiger partial charge in [-0.1, -0.05) is 0 Å². The van der Waals surface area contributed by atoms with E-state index in [2.05, 4.69) is 10.6 Å². The molecule has 0 saturated heterocycles. The molecule has 0 heterocycles. The molecule has 1 aromatic carbocycles. The summed E-state index contributed by atoms with van der Waals surface area (Å²) in [6, 6.07) is 3.31. The van der Waals surface area contributed by atoms with Crippen LogP contribution in [0.25, 0.3) is 0 Å². The van der Waals surface area contributed by atoms with Crippen molar-refractivity contribution in [2.75, 3.05) is 18.5 Å². The van der Waals surface area contributed by atoms with Crippen molar-refractivity contribution in [3.05, 3.63) is 24.0 Å². The van der Waals surface area contributed by atoms with Crippen LogP contribution in [0.3, 0.4) is 0 Å². The monoisotopic (exact) mass is 312 g/mol. The molecule has 6 nitrogen and oxygen atoms in total. The Kier molecular flexibility index (Phi) is 7.15. The maximum atomic E-state index is 13.1. The Labute approximate surface area is 129 Å². The molecule has 2 N–H and O–H groups in total. The number of carbonyl (C=O) groups is 2. The lowest BCUT2D eigenvalue weighted by atomic mass is 10.3. The fourth-order valence-corrected chi connectivity index (χ4v) is 1.64. The van der Waals surface area contributed by atoms with Crippen LogP contribution in [-0.4, -0.2) is 31.3 Å². The van der Waals surface area contributed by atoms with Gasteiger partial charge in [0.05, 0.1) is 24.8 Å². The number of hydrogen-bond donors (Lipinski definition) is 2. The van der Waals surface area contributed by atoms with Gasteiger partial charge in [0.1, 0.15) is 11.6 Å². The van der Waals surface area contributed by atoms with E-state index in [4.69, 9.17) is 9.47 Å². The Balaban J connectivity index is 2.47. The second-order valence-electron chi connectivity index (χ2n) is 4.74. The predicted octanol–water partition coefficient (Wildman–Crippen LogP) is 2.69. The fraction of sp³-hybridized carbons (Fsp3) is 0.467. The van der Waals surface area contributed by atoms with Gasteiger partial charge in [-0.3, -0.25) is 4.79 Å². The number of anilines is 1. The van der Waals surface area contributed by atoms with E-state index in [1.165, 1.54) is 18.2 Å². The van der Waals surface area contributed by atoms with Crippen molar-refractivity contribution in [3.8, 4) is 5.75 Å². The summed E-state index contributed by atoms with van der Waals surface area (Å²) in [6.07, 6.45) is -0.109. The predicted molar refractivity (Wildman–Crippen MR) is 80.4 cm³/mol. The normalized spacial score (nSPS) is 10.2. The largest absolute Gasteiger partial charge is 0.492 e. The molecule has 0 radical (unpaired) electrons. The standard InChI is InChI=1S/C15H21FN2O4/c1-4-21-13-9-11(16)5-6-12(13)18-15(20)17-8-7-14(19)22-10(2)3/h5-6,9-10H,4,7-8H2,1-3H3,(H2,17,18,20). The van der Waals surface area contributed by atoms with Crippen LogP contribution in [0.5, 0.6) is 5.75 Å². The van der Waals surface area contributed by atoms with Crippen molar-refractivity contribution >= 4 is 17.7 Å². The number of nitrogens with one attached hydrogen (secondary N) is 2. The second kappa shape index (κ2) is 8.86. The number of hydrogen-bond acceptors (Lipinski definition) is 4. The average Bonchev–Trinajstić information content (AvgIpc) is 2.41. The van der Waals surface area contributed by atoms with E-state index in [9.17, 15) is 14.0 Å². The Hall–Kier alpha value is -2.31. The van der Waals surface area contributed by atoms with E-state index in [0.717, 1.165) is 0 Å². The summed E-state index contributed by atoms with van der Waals surface area (Å²) in [6.45, 7) is 5.75. The zero-order valence-corrected chi connectivity index (χ0v) is 12.9. The molecule has 0 saturated carbocycles. The molecule has 0 aromatic heterocycles. The molecule has 0 atom stereocenters. The molecule has 1 rings (SSSR count). The van der Waals surface area contributed by atoms with Gasteiger partial charge in [-0.05, 0) is 32.9 Å². The Morgan fingerprint density at radius 2 is 2.05 bits per heavy atom. The highest BCUT2D eigenvalue weighted by atomic mass is 19.1. The first kappa shape index (κ1) is 17.7. The van der Waals surface area contributed by atoms with Gasteiger partial charge in [0, 0.05) is 12.6 Å². The van der Waals surface area contributed by atoms with Gasteiger partial charge >= 0.3 is 12.0 Å². The van der Waals surface area contributed by atoms with E-state index < -0.39 is 11.8 Å². The molecular weight excluding hydrogens is 291 g/mol. The number of amides is 2. The van der Waals surface area contributed by atoms with E-state index in [1.807, 2.05) is 0 Å². The number of halogens is 1. The quantitative estimate of drug-likeness (QED) is 0.759. The van der Waals surface area contributed by atoms with Gasteiger partial charge in [0.25, 0.3) is 0 Å². The van der Waals surface area contributed by atoms with Crippen molar-refractivity contribution in [3.63, 3.8) is 0 Å². The lowest BCUT2D eigenvalue weighted by molar-refractivity contribution is -0.147. The van der Waals surface area contributed by atoms with Crippen LogP contribution in [0.1, 0.15) is 27.2 Å². The topological polar surface area (TPSA) is 76.7 Å². The maximum Gasteiger partial charge on any atom is 0.319 e. The molecule has 2 amide bonds. The van der Waals surface area contributed by atoms with E-state index in [0.29, 0.717) is 12.3 Å². The molecular formula is C15H21FN2O4.